The van der Waals surface area contributed by atoms with Crippen molar-refractivity contribution < 1.29 is 0 Å². The quantitative estimate of drug-likeness (QED) is 0.604. The van der Waals surface area contributed by atoms with E-state index in [1.54, 1.807) is 0 Å². The lowest BCUT2D eigenvalue weighted by molar-refractivity contribution is 1.09. The maximum absolute atomic E-state index is 6.65. The second-order valence-electron chi connectivity index (χ2n) is 5.18. The van der Waals surface area contributed by atoms with E-state index in [0.29, 0.717) is 0 Å². The highest BCUT2D eigenvalue weighted by Crippen LogP contribution is 2.36. The second kappa shape index (κ2) is 5.56. The summed E-state index contributed by atoms with van der Waals surface area (Å²) in [5, 5.41) is 0.538. The molecule has 0 bridgehead atoms. The molecule has 2 aromatic rings. The SMILES string of the molecule is Cc1ccc(C)c(C(Cl)c2cc(C)c(C)cc2Cl)c1. The minimum absolute atomic E-state index is 0.202. The van der Waals surface area contributed by atoms with Gasteiger partial charge in [-0.25, -0.2) is 0 Å². The van der Waals surface area contributed by atoms with Gasteiger partial charge in [-0.3, -0.25) is 0 Å². The highest BCUT2D eigenvalue weighted by Gasteiger charge is 2.17. The fourth-order valence-electron chi connectivity index (χ4n) is 2.20. The molecule has 19 heavy (non-hydrogen) atoms. The summed E-state index contributed by atoms with van der Waals surface area (Å²) in [6, 6.07) is 10.4. The first-order valence-electron chi connectivity index (χ1n) is 6.38. The van der Waals surface area contributed by atoms with Gasteiger partial charge in [0, 0.05) is 5.02 Å². The van der Waals surface area contributed by atoms with Crippen LogP contribution in [0.2, 0.25) is 5.02 Å². The Bertz CT molecular complexity index is 615. The number of hydrogen-bond acceptors (Lipinski definition) is 0. The summed E-state index contributed by atoms with van der Waals surface area (Å²) in [6.45, 7) is 8.31. The van der Waals surface area contributed by atoms with Gasteiger partial charge in [0.2, 0.25) is 0 Å². The van der Waals surface area contributed by atoms with Gasteiger partial charge in [-0.15, -0.1) is 11.6 Å². The zero-order chi connectivity index (χ0) is 14.2. The molecule has 0 fully saturated rings. The van der Waals surface area contributed by atoms with E-state index in [1.807, 2.05) is 6.07 Å². The first kappa shape index (κ1) is 14.4. The van der Waals surface area contributed by atoms with Crippen LogP contribution in [0, 0.1) is 27.7 Å². The zero-order valence-corrected chi connectivity index (χ0v) is 13.2. The van der Waals surface area contributed by atoms with Gasteiger partial charge in [-0.2, -0.15) is 0 Å². The second-order valence-corrected chi connectivity index (χ2v) is 6.02. The topological polar surface area (TPSA) is 0 Å². The smallest absolute Gasteiger partial charge is 0.0852 e. The number of halogens is 2. The minimum Gasteiger partial charge on any atom is -0.113 e. The number of hydrogen-bond donors (Lipinski definition) is 0. The maximum atomic E-state index is 6.65. The molecule has 0 aliphatic carbocycles. The normalized spacial score (nSPS) is 12.5. The summed E-state index contributed by atoms with van der Waals surface area (Å²) < 4.78 is 0. The third-order valence-electron chi connectivity index (χ3n) is 3.59. The van der Waals surface area contributed by atoms with Crippen molar-refractivity contribution in [1.82, 2.24) is 0 Å². The van der Waals surface area contributed by atoms with Crippen molar-refractivity contribution in [3.8, 4) is 0 Å². The molecule has 1 atom stereocenters. The number of benzene rings is 2. The Morgan fingerprint density at radius 2 is 1.42 bits per heavy atom. The summed E-state index contributed by atoms with van der Waals surface area (Å²) in [5.74, 6) is 0. The molecule has 0 nitrogen and oxygen atoms in total. The van der Waals surface area contributed by atoms with Crippen LogP contribution in [0.1, 0.15) is 38.8 Å². The first-order chi connectivity index (χ1) is 8.90. The Labute approximate surface area is 125 Å². The Hall–Kier alpha value is -0.980. The van der Waals surface area contributed by atoms with Crippen molar-refractivity contribution in [3.63, 3.8) is 0 Å². The summed E-state index contributed by atoms with van der Waals surface area (Å²) in [7, 11) is 0. The molecular weight excluding hydrogens is 275 g/mol. The molecule has 0 heterocycles. The van der Waals surface area contributed by atoms with E-state index in [4.69, 9.17) is 23.2 Å². The molecule has 0 spiro atoms. The molecule has 0 saturated carbocycles. The third-order valence-corrected chi connectivity index (χ3v) is 4.39. The Morgan fingerprint density at radius 1 is 0.789 bits per heavy atom. The fraction of sp³-hybridized carbons (Fsp3) is 0.294. The molecule has 100 valence electrons. The molecule has 0 aliphatic rings. The standard InChI is InChI=1S/C17H18Cl2/c1-10-5-6-11(2)14(7-10)17(19)15-8-12(3)13(4)9-16(15)18/h5-9,17H,1-4H3. The lowest BCUT2D eigenvalue weighted by Gasteiger charge is -2.17. The van der Waals surface area contributed by atoms with Gasteiger partial charge in [0.05, 0.1) is 5.38 Å². The molecule has 2 aromatic carbocycles. The van der Waals surface area contributed by atoms with E-state index >= 15 is 0 Å². The number of alkyl halides is 1. The molecule has 0 N–H and O–H groups in total. The zero-order valence-electron chi connectivity index (χ0n) is 11.7. The van der Waals surface area contributed by atoms with Crippen molar-refractivity contribution in [2.75, 3.05) is 0 Å². The molecular formula is C17H18Cl2. The summed E-state index contributed by atoms with van der Waals surface area (Å²) >= 11 is 13.0. The van der Waals surface area contributed by atoms with E-state index in [9.17, 15) is 0 Å². The Morgan fingerprint density at radius 3 is 2.11 bits per heavy atom. The highest BCUT2D eigenvalue weighted by molar-refractivity contribution is 6.33. The molecule has 0 aromatic heterocycles. The van der Waals surface area contributed by atoms with Gasteiger partial charge in [-0.05, 0) is 61.6 Å². The molecule has 0 radical (unpaired) electrons. The van der Waals surface area contributed by atoms with E-state index in [-0.39, 0.29) is 5.38 Å². The van der Waals surface area contributed by atoms with E-state index in [1.165, 1.54) is 22.3 Å². The van der Waals surface area contributed by atoms with Crippen LogP contribution < -0.4 is 0 Å². The van der Waals surface area contributed by atoms with E-state index in [2.05, 4.69) is 52.0 Å². The third kappa shape index (κ3) is 2.96. The largest absolute Gasteiger partial charge is 0.113 e. The van der Waals surface area contributed by atoms with Crippen LogP contribution in [0.5, 0.6) is 0 Å². The van der Waals surface area contributed by atoms with Gasteiger partial charge < -0.3 is 0 Å². The van der Waals surface area contributed by atoms with Gasteiger partial charge in [0.1, 0.15) is 0 Å². The molecule has 2 heteroatoms. The molecule has 2 rings (SSSR count). The lowest BCUT2D eigenvalue weighted by atomic mass is 9.96. The number of aryl methyl sites for hydroxylation is 4. The summed E-state index contributed by atoms with van der Waals surface area (Å²) in [5.41, 5.74) is 6.94. The van der Waals surface area contributed by atoms with Crippen LogP contribution in [-0.2, 0) is 0 Å². The molecule has 0 saturated heterocycles. The van der Waals surface area contributed by atoms with Crippen LogP contribution in [-0.4, -0.2) is 0 Å². The first-order valence-corrected chi connectivity index (χ1v) is 7.19. The van der Waals surface area contributed by atoms with Crippen LogP contribution in [0.3, 0.4) is 0 Å². The summed E-state index contributed by atoms with van der Waals surface area (Å²) in [4.78, 5) is 0. The highest BCUT2D eigenvalue weighted by atomic mass is 35.5. The van der Waals surface area contributed by atoms with Crippen molar-refractivity contribution >= 4 is 23.2 Å². The van der Waals surface area contributed by atoms with Crippen molar-refractivity contribution in [3.05, 3.63) is 68.7 Å². The van der Waals surface area contributed by atoms with E-state index in [0.717, 1.165) is 16.1 Å². The van der Waals surface area contributed by atoms with Crippen LogP contribution in [0.4, 0.5) is 0 Å². The molecule has 0 aliphatic heterocycles. The van der Waals surface area contributed by atoms with Gasteiger partial charge in [0.25, 0.3) is 0 Å². The fourth-order valence-corrected chi connectivity index (χ4v) is 3.00. The van der Waals surface area contributed by atoms with Crippen molar-refractivity contribution in [2.24, 2.45) is 0 Å². The molecule has 1 unspecified atom stereocenters. The van der Waals surface area contributed by atoms with Gasteiger partial charge in [-0.1, -0.05) is 41.4 Å². The Kier molecular flexibility index (Phi) is 4.23. The monoisotopic (exact) mass is 292 g/mol. The van der Waals surface area contributed by atoms with Crippen molar-refractivity contribution in [1.29, 1.82) is 0 Å². The van der Waals surface area contributed by atoms with Crippen molar-refractivity contribution in [2.45, 2.75) is 33.1 Å². The number of rotatable bonds is 2. The minimum atomic E-state index is -0.202. The summed E-state index contributed by atoms with van der Waals surface area (Å²) in [6.07, 6.45) is 0. The van der Waals surface area contributed by atoms with Gasteiger partial charge in [0.15, 0.2) is 0 Å². The average Bonchev–Trinajstić information content (AvgIpc) is 2.36. The van der Waals surface area contributed by atoms with Crippen LogP contribution in [0.15, 0.2) is 30.3 Å². The predicted octanol–water partition coefficient (Wildman–Crippen LogP) is 5.90. The lowest BCUT2D eigenvalue weighted by Crippen LogP contribution is -1.99. The van der Waals surface area contributed by atoms with E-state index < -0.39 is 0 Å². The Balaban J connectivity index is 2.52. The average molecular weight is 293 g/mol. The predicted molar refractivity (Wildman–Crippen MR) is 84.5 cm³/mol. The molecule has 0 amide bonds. The van der Waals surface area contributed by atoms with Crippen LogP contribution in [0.25, 0.3) is 0 Å². The maximum Gasteiger partial charge on any atom is 0.0852 e. The van der Waals surface area contributed by atoms with Gasteiger partial charge >= 0.3 is 0 Å². The van der Waals surface area contributed by atoms with Crippen LogP contribution >= 0.6 is 23.2 Å².